The Morgan fingerprint density at radius 3 is 2.19 bits per heavy atom. The molecule has 0 radical (unpaired) electrons. The van der Waals surface area contributed by atoms with Crippen molar-refractivity contribution in [2.24, 2.45) is 0 Å². The molecule has 0 aliphatic heterocycles. The fraction of sp³-hybridized carbons (Fsp3) is 0.600. The summed E-state index contributed by atoms with van der Waals surface area (Å²) in [5, 5.41) is 2.75. The molecule has 204 valence electrons. The van der Waals surface area contributed by atoms with Crippen molar-refractivity contribution in [3.8, 4) is 11.5 Å². The monoisotopic (exact) mass is 527 g/mol. The SMILES string of the molecule is CCO[Si](CCCNC(=O)OCCCCOc1ccc(/C=C/C(=O)OC)cc1OC)(OCC)OCC. The van der Waals surface area contributed by atoms with Crippen LogP contribution in [0.4, 0.5) is 4.79 Å². The summed E-state index contributed by atoms with van der Waals surface area (Å²) in [6.07, 6.45) is 4.55. The van der Waals surface area contributed by atoms with Gasteiger partial charge < -0.3 is 37.5 Å². The van der Waals surface area contributed by atoms with E-state index >= 15 is 0 Å². The van der Waals surface area contributed by atoms with Crippen LogP contribution in [0.3, 0.4) is 0 Å². The second-order valence-corrected chi connectivity index (χ2v) is 10.2. The Hall–Kier alpha value is -2.60. The predicted octanol–water partition coefficient (Wildman–Crippen LogP) is 4.21. The number of rotatable bonds is 19. The molecule has 0 saturated carbocycles. The van der Waals surface area contributed by atoms with Crippen molar-refractivity contribution in [2.75, 3.05) is 53.8 Å². The van der Waals surface area contributed by atoms with Crippen LogP contribution in [0.5, 0.6) is 11.5 Å². The maximum absolute atomic E-state index is 11.9. The van der Waals surface area contributed by atoms with Crippen LogP contribution in [-0.2, 0) is 27.5 Å². The second-order valence-electron chi connectivity index (χ2n) is 7.47. The highest BCUT2D eigenvalue weighted by atomic mass is 28.4. The minimum atomic E-state index is -2.69. The van der Waals surface area contributed by atoms with Gasteiger partial charge in [-0.05, 0) is 63.8 Å². The molecule has 36 heavy (non-hydrogen) atoms. The van der Waals surface area contributed by atoms with Crippen LogP contribution in [0.15, 0.2) is 24.3 Å². The average molecular weight is 528 g/mol. The first kappa shape index (κ1) is 31.4. The summed E-state index contributed by atoms with van der Waals surface area (Å²) in [5.41, 5.74) is 0.783. The van der Waals surface area contributed by atoms with Gasteiger partial charge in [-0.3, -0.25) is 0 Å². The summed E-state index contributed by atoms with van der Waals surface area (Å²) in [6.45, 7) is 8.51. The molecule has 0 aromatic heterocycles. The van der Waals surface area contributed by atoms with E-state index in [0.717, 1.165) is 5.56 Å². The first-order valence-corrected chi connectivity index (χ1v) is 14.3. The van der Waals surface area contributed by atoms with Gasteiger partial charge in [0, 0.05) is 38.5 Å². The van der Waals surface area contributed by atoms with Crippen molar-refractivity contribution in [2.45, 2.75) is 46.1 Å². The number of benzene rings is 1. The van der Waals surface area contributed by atoms with Gasteiger partial charge in [0.25, 0.3) is 0 Å². The Kier molecular flexibility index (Phi) is 16.3. The van der Waals surface area contributed by atoms with E-state index in [1.54, 1.807) is 25.3 Å². The fourth-order valence-corrected chi connectivity index (χ4v) is 5.85. The fourth-order valence-electron chi connectivity index (χ4n) is 3.24. The number of carbonyl (C=O) groups is 2. The summed E-state index contributed by atoms with van der Waals surface area (Å²) in [6, 6.07) is 5.99. The highest BCUT2D eigenvalue weighted by Crippen LogP contribution is 2.28. The van der Waals surface area contributed by atoms with Gasteiger partial charge in [-0.1, -0.05) is 6.07 Å². The van der Waals surface area contributed by atoms with Gasteiger partial charge in [0.1, 0.15) is 0 Å². The summed E-state index contributed by atoms with van der Waals surface area (Å²) < 4.78 is 38.4. The number of unbranched alkanes of at least 4 members (excludes halogenated alkanes) is 1. The van der Waals surface area contributed by atoms with Crippen molar-refractivity contribution in [1.29, 1.82) is 0 Å². The van der Waals surface area contributed by atoms with Gasteiger partial charge >= 0.3 is 20.9 Å². The molecule has 0 unspecified atom stereocenters. The van der Waals surface area contributed by atoms with Crippen LogP contribution in [0.2, 0.25) is 6.04 Å². The maximum Gasteiger partial charge on any atom is 0.500 e. The lowest BCUT2D eigenvalue weighted by Gasteiger charge is -2.28. The number of alkyl carbamates (subject to hydrolysis) is 1. The van der Waals surface area contributed by atoms with Gasteiger partial charge in [0.2, 0.25) is 0 Å². The third-order valence-corrected chi connectivity index (χ3v) is 8.00. The number of hydrogen-bond acceptors (Lipinski definition) is 9. The van der Waals surface area contributed by atoms with Crippen molar-refractivity contribution < 1.29 is 41.8 Å². The predicted molar refractivity (Wildman–Crippen MR) is 138 cm³/mol. The zero-order valence-electron chi connectivity index (χ0n) is 22.1. The van der Waals surface area contributed by atoms with Crippen LogP contribution in [0, 0.1) is 0 Å². The minimum Gasteiger partial charge on any atom is -0.493 e. The number of amides is 1. The quantitative estimate of drug-likeness (QED) is 0.122. The van der Waals surface area contributed by atoms with Crippen molar-refractivity contribution >= 4 is 26.9 Å². The Morgan fingerprint density at radius 2 is 1.58 bits per heavy atom. The topological polar surface area (TPSA) is 111 Å². The van der Waals surface area contributed by atoms with Crippen LogP contribution in [0.25, 0.3) is 6.08 Å². The van der Waals surface area contributed by atoms with E-state index in [9.17, 15) is 9.59 Å². The van der Waals surface area contributed by atoms with Gasteiger partial charge in [-0.15, -0.1) is 0 Å². The minimum absolute atomic E-state index is 0.291. The Balaban J connectivity index is 2.28. The lowest BCUT2D eigenvalue weighted by Crippen LogP contribution is -2.46. The Morgan fingerprint density at radius 1 is 0.917 bits per heavy atom. The van der Waals surface area contributed by atoms with Crippen molar-refractivity contribution in [3.05, 3.63) is 29.8 Å². The molecule has 11 heteroatoms. The molecule has 0 bridgehead atoms. The van der Waals surface area contributed by atoms with E-state index in [2.05, 4.69) is 10.1 Å². The van der Waals surface area contributed by atoms with Crippen molar-refractivity contribution in [1.82, 2.24) is 5.32 Å². The molecule has 0 aliphatic rings. The molecule has 1 aromatic rings. The highest BCUT2D eigenvalue weighted by molar-refractivity contribution is 6.60. The number of carbonyl (C=O) groups excluding carboxylic acids is 2. The zero-order valence-corrected chi connectivity index (χ0v) is 23.1. The summed E-state index contributed by atoms with van der Waals surface area (Å²) in [4.78, 5) is 23.2. The molecule has 1 aromatic carbocycles. The Labute approximate surface area is 215 Å². The lowest BCUT2D eigenvalue weighted by molar-refractivity contribution is -0.134. The van der Waals surface area contributed by atoms with Crippen LogP contribution >= 0.6 is 0 Å². The van der Waals surface area contributed by atoms with Gasteiger partial charge in [0.05, 0.1) is 27.4 Å². The van der Waals surface area contributed by atoms with Crippen molar-refractivity contribution in [3.63, 3.8) is 0 Å². The van der Waals surface area contributed by atoms with Crippen LogP contribution < -0.4 is 14.8 Å². The van der Waals surface area contributed by atoms with E-state index in [4.69, 9.17) is 27.5 Å². The molecule has 0 fully saturated rings. The highest BCUT2D eigenvalue weighted by Gasteiger charge is 2.39. The normalized spacial score (nSPS) is 11.4. The molecule has 1 rings (SSSR count). The summed E-state index contributed by atoms with van der Waals surface area (Å²) in [5.74, 6) is 0.721. The van der Waals surface area contributed by atoms with Crippen LogP contribution in [-0.4, -0.2) is 74.7 Å². The first-order chi connectivity index (χ1) is 17.4. The Bertz CT molecular complexity index is 787. The largest absolute Gasteiger partial charge is 0.500 e. The molecule has 1 N–H and O–H groups in total. The summed E-state index contributed by atoms with van der Waals surface area (Å²) in [7, 11) is 0.181. The number of hydrogen-bond donors (Lipinski definition) is 1. The number of nitrogens with one attached hydrogen (secondary N) is 1. The molecule has 0 atom stereocenters. The third-order valence-electron chi connectivity index (χ3n) is 4.85. The average Bonchev–Trinajstić information content (AvgIpc) is 2.88. The number of methoxy groups -OCH3 is 2. The number of esters is 1. The molecule has 0 spiro atoms. The van der Waals surface area contributed by atoms with Gasteiger partial charge in [0.15, 0.2) is 11.5 Å². The molecule has 1 amide bonds. The molecule has 0 heterocycles. The van der Waals surface area contributed by atoms with E-state index in [-0.39, 0.29) is 0 Å². The van der Waals surface area contributed by atoms with E-state index in [1.165, 1.54) is 13.2 Å². The lowest BCUT2D eigenvalue weighted by atomic mass is 10.2. The smallest absolute Gasteiger partial charge is 0.493 e. The standard InChI is InChI=1S/C25H41NO9Si/c1-6-33-36(34-7-2,35-8-3)19-11-16-26-25(28)32-18-10-9-17-31-22-14-12-21(20-23(22)29-4)13-15-24(27)30-5/h12-15,20H,6-11,16-19H2,1-5H3,(H,26,28)/b15-13+. The first-order valence-electron chi connectivity index (χ1n) is 12.3. The molecular weight excluding hydrogens is 486 g/mol. The molecule has 10 nitrogen and oxygen atoms in total. The second kappa shape index (κ2) is 18.6. The van der Waals surface area contributed by atoms with E-state index in [1.807, 2.05) is 26.8 Å². The molecular formula is C25H41NO9Si. The third kappa shape index (κ3) is 12.4. The van der Waals surface area contributed by atoms with Crippen LogP contribution in [0.1, 0.15) is 45.6 Å². The van der Waals surface area contributed by atoms with Gasteiger partial charge in [-0.25, -0.2) is 9.59 Å². The maximum atomic E-state index is 11.9. The molecule has 0 aliphatic carbocycles. The molecule has 0 saturated heterocycles. The number of ether oxygens (including phenoxy) is 4. The van der Waals surface area contributed by atoms with E-state index in [0.29, 0.717) is 76.4 Å². The van der Waals surface area contributed by atoms with E-state index < -0.39 is 20.9 Å². The van der Waals surface area contributed by atoms with Gasteiger partial charge in [-0.2, -0.15) is 0 Å². The zero-order chi connectivity index (χ0) is 26.7. The summed E-state index contributed by atoms with van der Waals surface area (Å²) >= 11 is 0.